The Morgan fingerprint density at radius 2 is 2.00 bits per heavy atom. The van der Waals surface area contributed by atoms with Crippen LogP contribution in [0.3, 0.4) is 0 Å². The summed E-state index contributed by atoms with van der Waals surface area (Å²) in [6.07, 6.45) is 1.60. The first-order valence-corrected chi connectivity index (χ1v) is 9.04. The van der Waals surface area contributed by atoms with Crippen molar-refractivity contribution in [3.8, 4) is 6.07 Å². The Kier molecular flexibility index (Phi) is 8.83. The van der Waals surface area contributed by atoms with Crippen molar-refractivity contribution in [3.05, 3.63) is 17.0 Å². The number of amides is 1. The number of hydrogen-bond donors (Lipinski definition) is 0. The Bertz CT molecular complexity index is 658. The maximum atomic E-state index is 12.7. The van der Waals surface area contributed by atoms with Crippen LogP contribution in [-0.4, -0.2) is 46.8 Å². The van der Waals surface area contributed by atoms with Crippen LogP contribution >= 0.6 is 0 Å². The van der Waals surface area contributed by atoms with E-state index in [4.69, 9.17) is 5.26 Å². The molecule has 0 unspecified atom stereocenters. The number of esters is 1. The van der Waals surface area contributed by atoms with E-state index < -0.39 is 0 Å². The number of nitrogens with zero attached hydrogens (tertiary/aromatic N) is 4. The standard InChI is InChI=1S/C19H30N4O3/c1-14(2)13-22(12-9-19(25)26-5)18(24)8-7-17-15(3)21-23(16(17)4)11-6-10-20/h14H,6-9,11-13H2,1-5H3. The van der Waals surface area contributed by atoms with E-state index in [2.05, 4.69) is 15.9 Å². The Labute approximate surface area is 155 Å². The van der Waals surface area contributed by atoms with Gasteiger partial charge in [-0.1, -0.05) is 13.8 Å². The van der Waals surface area contributed by atoms with Crippen LogP contribution in [0.25, 0.3) is 0 Å². The van der Waals surface area contributed by atoms with E-state index >= 15 is 0 Å². The molecule has 0 aliphatic rings. The van der Waals surface area contributed by atoms with Gasteiger partial charge in [-0.15, -0.1) is 0 Å². The third-order valence-electron chi connectivity index (χ3n) is 4.31. The van der Waals surface area contributed by atoms with Gasteiger partial charge in [0.05, 0.1) is 38.3 Å². The molecule has 0 saturated carbocycles. The Balaban J connectivity index is 2.73. The lowest BCUT2D eigenvalue weighted by atomic mass is 10.1. The fourth-order valence-corrected chi connectivity index (χ4v) is 2.95. The summed E-state index contributed by atoms with van der Waals surface area (Å²) in [6, 6.07) is 2.12. The minimum atomic E-state index is -0.308. The smallest absolute Gasteiger partial charge is 0.307 e. The molecule has 0 atom stereocenters. The monoisotopic (exact) mass is 362 g/mol. The number of nitriles is 1. The molecule has 7 heteroatoms. The zero-order valence-electron chi connectivity index (χ0n) is 16.5. The predicted octanol–water partition coefficient (Wildman–Crippen LogP) is 2.39. The first kappa shape index (κ1) is 21.7. The van der Waals surface area contributed by atoms with E-state index in [0.29, 0.717) is 44.8 Å². The van der Waals surface area contributed by atoms with Crippen LogP contribution < -0.4 is 0 Å². The highest BCUT2D eigenvalue weighted by Gasteiger charge is 2.18. The molecule has 1 heterocycles. The fraction of sp³-hybridized carbons (Fsp3) is 0.684. The van der Waals surface area contributed by atoms with Crippen LogP contribution in [0.5, 0.6) is 0 Å². The summed E-state index contributed by atoms with van der Waals surface area (Å²) < 4.78 is 6.51. The van der Waals surface area contributed by atoms with Crippen LogP contribution in [0, 0.1) is 31.1 Å². The van der Waals surface area contributed by atoms with Crippen molar-refractivity contribution in [2.45, 2.75) is 59.9 Å². The largest absolute Gasteiger partial charge is 0.469 e. The van der Waals surface area contributed by atoms with Crippen molar-refractivity contribution in [2.75, 3.05) is 20.2 Å². The molecule has 0 bridgehead atoms. The highest BCUT2D eigenvalue weighted by Crippen LogP contribution is 2.16. The SMILES string of the molecule is COC(=O)CCN(CC(C)C)C(=O)CCc1c(C)nn(CCC#N)c1C. The second kappa shape index (κ2) is 10.6. The van der Waals surface area contributed by atoms with Crippen LogP contribution in [-0.2, 0) is 27.3 Å². The molecular weight excluding hydrogens is 332 g/mol. The molecule has 1 aromatic heterocycles. The van der Waals surface area contributed by atoms with Crippen molar-refractivity contribution in [3.63, 3.8) is 0 Å². The molecule has 0 aliphatic carbocycles. The lowest BCUT2D eigenvalue weighted by Gasteiger charge is -2.24. The molecule has 0 aliphatic heterocycles. The van der Waals surface area contributed by atoms with Crippen molar-refractivity contribution in [1.82, 2.24) is 14.7 Å². The Morgan fingerprint density at radius 3 is 2.58 bits per heavy atom. The molecule has 0 aromatic carbocycles. The third kappa shape index (κ3) is 6.51. The number of aromatic nitrogens is 2. The van der Waals surface area contributed by atoms with Gasteiger partial charge >= 0.3 is 5.97 Å². The normalized spacial score (nSPS) is 10.7. The van der Waals surface area contributed by atoms with E-state index in [-0.39, 0.29) is 18.3 Å². The molecule has 0 radical (unpaired) electrons. The van der Waals surface area contributed by atoms with Gasteiger partial charge in [0.15, 0.2) is 0 Å². The molecule has 26 heavy (non-hydrogen) atoms. The number of ether oxygens (including phenoxy) is 1. The number of aryl methyl sites for hydroxylation is 2. The lowest BCUT2D eigenvalue weighted by Crippen LogP contribution is -2.36. The molecular formula is C19H30N4O3. The van der Waals surface area contributed by atoms with Crippen molar-refractivity contribution in [1.29, 1.82) is 5.26 Å². The van der Waals surface area contributed by atoms with Gasteiger partial charge in [0, 0.05) is 25.2 Å². The number of hydrogen-bond acceptors (Lipinski definition) is 5. The first-order chi connectivity index (χ1) is 12.3. The number of carbonyl (C=O) groups excluding carboxylic acids is 2. The van der Waals surface area contributed by atoms with Crippen LogP contribution in [0.2, 0.25) is 0 Å². The van der Waals surface area contributed by atoms with Crippen molar-refractivity contribution < 1.29 is 14.3 Å². The van der Waals surface area contributed by atoms with Gasteiger partial charge in [-0.25, -0.2) is 0 Å². The van der Waals surface area contributed by atoms with Crippen LogP contribution in [0.15, 0.2) is 0 Å². The van der Waals surface area contributed by atoms with Gasteiger partial charge in [0.2, 0.25) is 5.91 Å². The van der Waals surface area contributed by atoms with Gasteiger partial charge in [-0.05, 0) is 31.7 Å². The number of methoxy groups -OCH3 is 1. The molecule has 0 saturated heterocycles. The molecule has 1 aromatic rings. The summed E-state index contributed by atoms with van der Waals surface area (Å²) in [5, 5.41) is 13.2. The first-order valence-electron chi connectivity index (χ1n) is 9.04. The highest BCUT2D eigenvalue weighted by atomic mass is 16.5. The number of carbonyl (C=O) groups is 2. The average Bonchev–Trinajstić information content (AvgIpc) is 2.87. The van der Waals surface area contributed by atoms with Crippen LogP contribution in [0.4, 0.5) is 0 Å². The van der Waals surface area contributed by atoms with E-state index in [1.54, 1.807) is 4.90 Å². The Hall–Kier alpha value is -2.36. The number of rotatable bonds is 10. The van der Waals surface area contributed by atoms with Gasteiger partial charge in [-0.2, -0.15) is 10.4 Å². The van der Waals surface area contributed by atoms with Gasteiger partial charge < -0.3 is 9.64 Å². The summed E-state index contributed by atoms with van der Waals surface area (Å²) in [5.41, 5.74) is 2.97. The molecule has 0 spiro atoms. The second-order valence-electron chi connectivity index (χ2n) is 6.84. The van der Waals surface area contributed by atoms with Crippen molar-refractivity contribution in [2.24, 2.45) is 5.92 Å². The van der Waals surface area contributed by atoms with Gasteiger partial charge in [0.1, 0.15) is 0 Å². The maximum Gasteiger partial charge on any atom is 0.307 e. The average molecular weight is 362 g/mol. The molecule has 1 amide bonds. The van der Waals surface area contributed by atoms with E-state index in [0.717, 1.165) is 17.0 Å². The van der Waals surface area contributed by atoms with Crippen LogP contribution in [0.1, 0.15) is 50.1 Å². The quantitative estimate of drug-likeness (QED) is 0.596. The van der Waals surface area contributed by atoms with E-state index in [9.17, 15) is 9.59 Å². The molecule has 0 N–H and O–H groups in total. The summed E-state index contributed by atoms with van der Waals surface area (Å²) in [5.74, 6) is 0.0528. The van der Waals surface area contributed by atoms with Gasteiger partial charge in [-0.3, -0.25) is 14.3 Å². The zero-order chi connectivity index (χ0) is 19.7. The van der Waals surface area contributed by atoms with Gasteiger partial charge in [0.25, 0.3) is 0 Å². The van der Waals surface area contributed by atoms with Crippen molar-refractivity contribution >= 4 is 11.9 Å². The molecule has 0 fully saturated rings. The topological polar surface area (TPSA) is 88.2 Å². The third-order valence-corrected chi connectivity index (χ3v) is 4.31. The lowest BCUT2D eigenvalue weighted by molar-refractivity contribution is -0.141. The summed E-state index contributed by atoms with van der Waals surface area (Å²) in [4.78, 5) is 25.8. The minimum Gasteiger partial charge on any atom is -0.469 e. The summed E-state index contributed by atoms with van der Waals surface area (Å²) in [7, 11) is 1.35. The Morgan fingerprint density at radius 1 is 1.31 bits per heavy atom. The molecule has 7 nitrogen and oxygen atoms in total. The minimum absolute atomic E-state index is 0.0335. The fourth-order valence-electron chi connectivity index (χ4n) is 2.95. The molecule has 1 rings (SSSR count). The molecule has 144 valence electrons. The zero-order valence-corrected chi connectivity index (χ0v) is 16.5. The van der Waals surface area contributed by atoms with E-state index in [1.807, 2.05) is 32.4 Å². The summed E-state index contributed by atoms with van der Waals surface area (Å²) in [6.45, 7) is 9.56. The van der Waals surface area contributed by atoms with E-state index in [1.165, 1.54) is 7.11 Å². The predicted molar refractivity (Wildman–Crippen MR) is 98.3 cm³/mol. The maximum absolute atomic E-state index is 12.7. The summed E-state index contributed by atoms with van der Waals surface area (Å²) >= 11 is 0. The highest BCUT2D eigenvalue weighted by molar-refractivity contribution is 5.77. The second-order valence-corrected chi connectivity index (χ2v) is 6.84.